The summed E-state index contributed by atoms with van der Waals surface area (Å²) >= 11 is 0. The molecule has 6 heteroatoms. The lowest BCUT2D eigenvalue weighted by Crippen LogP contribution is -2.48. The quantitative estimate of drug-likeness (QED) is 0.746. The summed E-state index contributed by atoms with van der Waals surface area (Å²) in [5.74, 6) is -0.726. The third-order valence-corrected chi connectivity index (χ3v) is 2.73. The van der Waals surface area contributed by atoms with Crippen LogP contribution in [0.2, 0.25) is 0 Å². The molecule has 0 aromatic rings. The first kappa shape index (κ1) is 14.8. The average molecular weight is 259 g/mol. The molecule has 1 saturated heterocycles. The van der Waals surface area contributed by atoms with Crippen LogP contribution in [0.4, 0.5) is 4.79 Å². The van der Waals surface area contributed by atoms with Gasteiger partial charge in [0, 0.05) is 6.54 Å². The highest BCUT2D eigenvalue weighted by atomic mass is 16.6. The fourth-order valence-corrected chi connectivity index (χ4v) is 1.95. The van der Waals surface area contributed by atoms with Crippen molar-refractivity contribution in [2.24, 2.45) is 0 Å². The molecule has 6 nitrogen and oxygen atoms in total. The average Bonchev–Trinajstić information content (AvgIpc) is 2.73. The topological polar surface area (TPSA) is 76.1 Å². The van der Waals surface area contributed by atoms with E-state index in [0.717, 1.165) is 6.42 Å². The molecule has 0 spiro atoms. The number of aliphatic hydroxyl groups is 1. The summed E-state index contributed by atoms with van der Waals surface area (Å²) in [5.41, 5.74) is -0.597. The first-order valence-electron chi connectivity index (χ1n) is 6.02. The van der Waals surface area contributed by atoms with Gasteiger partial charge in [-0.15, -0.1) is 0 Å². The van der Waals surface area contributed by atoms with Crippen LogP contribution >= 0.6 is 0 Å². The molecule has 0 saturated carbocycles. The zero-order valence-corrected chi connectivity index (χ0v) is 11.3. The van der Waals surface area contributed by atoms with Gasteiger partial charge in [0.1, 0.15) is 5.60 Å². The number of rotatable bonds is 2. The molecule has 18 heavy (non-hydrogen) atoms. The molecule has 1 aliphatic rings. The summed E-state index contributed by atoms with van der Waals surface area (Å²) in [6, 6.07) is -0.563. The monoisotopic (exact) mass is 259 g/mol. The largest absolute Gasteiger partial charge is 0.467 e. The maximum Gasteiger partial charge on any atom is 0.410 e. The maximum atomic E-state index is 11.9. The minimum atomic E-state index is -1.31. The molecule has 0 bridgehead atoms. The van der Waals surface area contributed by atoms with Crippen LogP contribution in [0.1, 0.15) is 33.6 Å². The van der Waals surface area contributed by atoms with Gasteiger partial charge in [0.2, 0.25) is 0 Å². The highest BCUT2D eigenvalue weighted by Crippen LogP contribution is 2.23. The number of ether oxygens (including phenoxy) is 2. The zero-order chi connectivity index (χ0) is 13.9. The first-order valence-corrected chi connectivity index (χ1v) is 6.02. The first-order chi connectivity index (χ1) is 8.26. The summed E-state index contributed by atoms with van der Waals surface area (Å²) in [5, 5.41) is 9.81. The lowest BCUT2D eigenvalue weighted by molar-refractivity contribution is -0.153. The van der Waals surface area contributed by atoms with E-state index in [0.29, 0.717) is 13.0 Å². The molecular weight excluding hydrogens is 238 g/mol. The molecule has 1 amide bonds. The van der Waals surface area contributed by atoms with Crippen LogP contribution < -0.4 is 0 Å². The Morgan fingerprint density at radius 3 is 2.50 bits per heavy atom. The van der Waals surface area contributed by atoms with Crippen molar-refractivity contribution in [2.45, 2.75) is 51.4 Å². The summed E-state index contributed by atoms with van der Waals surface area (Å²) in [4.78, 5) is 24.6. The predicted octanol–water partition coefficient (Wildman–Crippen LogP) is 0.920. The molecule has 0 radical (unpaired) electrons. The van der Waals surface area contributed by atoms with E-state index in [1.165, 1.54) is 12.0 Å². The molecule has 0 aromatic carbocycles. The van der Waals surface area contributed by atoms with Gasteiger partial charge in [0.05, 0.1) is 13.2 Å². The Hall–Kier alpha value is -1.30. The molecule has 2 atom stereocenters. The van der Waals surface area contributed by atoms with Crippen LogP contribution in [0.3, 0.4) is 0 Å². The van der Waals surface area contributed by atoms with Crippen molar-refractivity contribution in [1.29, 1.82) is 0 Å². The normalized spacial score (nSPS) is 21.6. The third kappa shape index (κ3) is 3.60. The standard InChI is InChI=1S/C12H21NO5/c1-12(2,3)18-11(16)13-7-5-6-8(13)9(14)10(15)17-4/h8-9,14H,5-7H2,1-4H3/t8-,9?/m1/s1. The van der Waals surface area contributed by atoms with Crippen LogP contribution in [-0.4, -0.2) is 53.5 Å². The van der Waals surface area contributed by atoms with Gasteiger partial charge in [-0.05, 0) is 33.6 Å². The van der Waals surface area contributed by atoms with Crippen molar-refractivity contribution in [3.8, 4) is 0 Å². The van der Waals surface area contributed by atoms with Gasteiger partial charge < -0.3 is 19.5 Å². The van der Waals surface area contributed by atoms with E-state index >= 15 is 0 Å². The number of carbonyl (C=O) groups excluding carboxylic acids is 2. The molecule has 1 N–H and O–H groups in total. The van der Waals surface area contributed by atoms with E-state index in [4.69, 9.17) is 4.74 Å². The van der Waals surface area contributed by atoms with Gasteiger partial charge in [0.25, 0.3) is 0 Å². The van der Waals surface area contributed by atoms with Gasteiger partial charge in [-0.1, -0.05) is 0 Å². The van der Waals surface area contributed by atoms with E-state index in [9.17, 15) is 14.7 Å². The third-order valence-electron chi connectivity index (χ3n) is 2.73. The van der Waals surface area contributed by atoms with Gasteiger partial charge >= 0.3 is 12.1 Å². The van der Waals surface area contributed by atoms with E-state index in [-0.39, 0.29) is 0 Å². The second kappa shape index (κ2) is 5.56. The van der Waals surface area contributed by atoms with Crippen LogP contribution in [0, 0.1) is 0 Å². The summed E-state index contributed by atoms with van der Waals surface area (Å²) < 4.78 is 9.72. The molecule has 1 fully saturated rings. The number of carbonyl (C=O) groups is 2. The Labute approximate surface area is 107 Å². The Morgan fingerprint density at radius 2 is 2.00 bits per heavy atom. The molecule has 0 aliphatic carbocycles. The lowest BCUT2D eigenvalue weighted by atomic mass is 10.1. The van der Waals surface area contributed by atoms with E-state index in [1.807, 2.05) is 0 Å². The van der Waals surface area contributed by atoms with Crippen LogP contribution in [0.5, 0.6) is 0 Å². The van der Waals surface area contributed by atoms with Crippen LogP contribution in [0.25, 0.3) is 0 Å². The number of aliphatic hydroxyl groups excluding tert-OH is 1. The maximum absolute atomic E-state index is 11.9. The Kier molecular flexibility index (Phi) is 4.56. The van der Waals surface area contributed by atoms with Crippen LogP contribution in [0.15, 0.2) is 0 Å². The summed E-state index contributed by atoms with van der Waals surface area (Å²) in [6.45, 7) is 5.79. The fraction of sp³-hybridized carbons (Fsp3) is 0.833. The highest BCUT2D eigenvalue weighted by molar-refractivity contribution is 5.77. The second-order valence-electron chi connectivity index (χ2n) is 5.35. The van der Waals surface area contributed by atoms with Crippen molar-refractivity contribution in [2.75, 3.05) is 13.7 Å². The molecule has 1 heterocycles. The summed E-state index contributed by atoms with van der Waals surface area (Å²) in [6.07, 6.45) is -0.522. The number of amides is 1. The molecule has 1 aliphatic heterocycles. The Bertz CT molecular complexity index is 323. The van der Waals surface area contributed by atoms with Crippen molar-refractivity contribution in [3.05, 3.63) is 0 Å². The molecule has 0 aromatic heterocycles. The molecular formula is C12H21NO5. The molecule has 1 unspecified atom stereocenters. The van der Waals surface area contributed by atoms with Crippen molar-refractivity contribution >= 4 is 12.1 Å². The predicted molar refractivity (Wildman–Crippen MR) is 64.0 cm³/mol. The van der Waals surface area contributed by atoms with Gasteiger partial charge in [-0.3, -0.25) is 0 Å². The fourth-order valence-electron chi connectivity index (χ4n) is 1.95. The van der Waals surface area contributed by atoms with Crippen molar-refractivity contribution < 1.29 is 24.2 Å². The molecule has 104 valence electrons. The second-order valence-corrected chi connectivity index (χ2v) is 5.35. The number of nitrogens with zero attached hydrogens (tertiary/aromatic N) is 1. The van der Waals surface area contributed by atoms with E-state index in [1.54, 1.807) is 20.8 Å². The Balaban J connectivity index is 2.70. The smallest absolute Gasteiger partial charge is 0.410 e. The van der Waals surface area contributed by atoms with E-state index < -0.39 is 29.8 Å². The van der Waals surface area contributed by atoms with Gasteiger partial charge in [-0.25, -0.2) is 9.59 Å². The van der Waals surface area contributed by atoms with Gasteiger partial charge in [0.15, 0.2) is 6.10 Å². The number of esters is 1. The SMILES string of the molecule is COC(=O)C(O)[C@H]1CCCN1C(=O)OC(C)(C)C. The van der Waals surface area contributed by atoms with Gasteiger partial charge in [-0.2, -0.15) is 0 Å². The number of hydrogen-bond donors (Lipinski definition) is 1. The zero-order valence-electron chi connectivity index (χ0n) is 11.3. The Morgan fingerprint density at radius 1 is 1.39 bits per heavy atom. The minimum Gasteiger partial charge on any atom is -0.467 e. The number of methoxy groups -OCH3 is 1. The number of hydrogen-bond acceptors (Lipinski definition) is 5. The molecule has 1 rings (SSSR count). The van der Waals surface area contributed by atoms with Crippen molar-refractivity contribution in [3.63, 3.8) is 0 Å². The van der Waals surface area contributed by atoms with Crippen molar-refractivity contribution in [1.82, 2.24) is 4.90 Å². The summed E-state index contributed by atoms with van der Waals surface area (Å²) in [7, 11) is 1.21. The van der Waals surface area contributed by atoms with Crippen LogP contribution in [-0.2, 0) is 14.3 Å². The number of likely N-dealkylation sites (tertiary alicyclic amines) is 1. The van der Waals surface area contributed by atoms with E-state index in [2.05, 4.69) is 4.74 Å². The lowest BCUT2D eigenvalue weighted by Gasteiger charge is -2.30. The minimum absolute atomic E-state index is 0.480. The highest BCUT2D eigenvalue weighted by Gasteiger charge is 2.39.